The van der Waals surface area contributed by atoms with E-state index in [1.54, 1.807) is 18.2 Å². The van der Waals surface area contributed by atoms with Crippen molar-refractivity contribution in [1.29, 1.82) is 0 Å². The van der Waals surface area contributed by atoms with Crippen LogP contribution < -0.4 is 10.1 Å². The van der Waals surface area contributed by atoms with Crippen LogP contribution >= 0.6 is 11.6 Å². The number of carbonyl (C=O) groups excluding carboxylic acids is 1. The van der Waals surface area contributed by atoms with E-state index in [0.29, 0.717) is 21.8 Å². The summed E-state index contributed by atoms with van der Waals surface area (Å²) in [5, 5.41) is 1.87. The van der Waals surface area contributed by atoms with Crippen LogP contribution in [0.4, 0.5) is 18.9 Å². The maximum Gasteiger partial charge on any atom is 0.417 e. The third-order valence-corrected chi connectivity index (χ3v) is 5.80. The molecule has 0 fully saturated rings. The molecule has 152 valence electrons. The van der Waals surface area contributed by atoms with E-state index in [1.807, 2.05) is 0 Å². The number of amides is 1. The standard InChI is InChI=1S/C17H16ClF3N2O4S/c1-23(10-16(24)22-11-4-3-5-12(8-11)27-2)28(25,26)13-6-7-15(18)14(9-13)17(19,20)21/h3-9H,10H2,1-2H3,(H,22,24). The third-order valence-electron chi connectivity index (χ3n) is 3.67. The van der Waals surface area contributed by atoms with Crippen LogP contribution in [-0.2, 0) is 21.0 Å². The molecule has 2 aromatic rings. The van der Waals surface area contributed by atoms with Crippen molar-refractivity contribution in [2.75, 3.05) is 26.0 Å². The van der Waals surface area contributed by atoms with Crippen LogP contribution in [0.5, 0.6) is 5.75 Å². The van der Waals surface area contributed by atoms with Crippen LogP contribution in [0.2, 0.25) is 5.02 Å². The predicted octanol–water partition coefficient (Wildman–Crippen LogP) is 3.63. The van der Waals surface area contributed by atoms with Crippen molar-refractivity contribution in [3.8, 4) is 5.75 Å². The number of hydrogen-bond acceptors (Lipinski definition) is 4. The Kier molecular flexibility index (Phi) is 6.58. The minimum Gasteiger partial charge on any atom is -0.497 e. The molecule has 2 aromatic carbocycles. The van der Waals surface area contributed by atoms with Crippen LogP contribution in [0.25, 0.3) is 0 Å². The average molecular weight is 437 g/mol. The number of ether oxygens (including phenoxy) is 1. The first-order valence-electron chi connectivity index (χ1n) is 7.72. The van der Waals surface area contributed by atoms with E-state index in [4.69, 9.17) is 16.3 Å². The summed E-state index contributed by atoms with van der Waals surface area (Å²) in [5.74, 6) is -0.191. The van der Waals surface area contributed by atoms with Gasteiger partial charge in [0.15, 0.2) is 0 Å². The molecule has 0 radical (unpaired) electrons. The molecular weight excluding hydrogens is 421 g/mol. The Labute approximate surface area is 164 Å². The van der Waals surface area contributed by atoms with Crippen LogP contribution in [0, 0.1) is 0 Å². The van der Waals surface area contributed by atoms with E-state index in [9.17, 15) is 26.4 Å². The molecule has 0 aromatic heterocycles. The largest absolute Gasteiger partial charge is 0.497 e. The topological polar surface area (TPSA) is 75.7 Å². The Balaban J connectivity index is 2.18. The minimum atomic E-state index is -4.81. The van der Waals surface area contributed by atoms with E-state index in [1.165, 1.54) is 13.2 Å². The van der Waals surface area contributed by atoms with Crippen molar-refractivity contribution in [2.45, 2.75) is 11.1 Å². The lowest BCUT2D eigenvalue weighted by atomic mass is 10.2. The lowest BCUT2D eigenvalue weighted by Gasteiger charge is -2.18. The van der Waals surface area contributed by atoms with Crippen LogP contribution in [0.1, 0.15) is 5.56 Å². The molecule has 0 unspecified atom stereocenters. The second kappa shape index (κ2) is 8.38. The summed E-state index contributed by atoms with van der Waals surface area (Å²) >= 11 is 5.51. The van der Waals surface area contributed by atoms with Gasteiger partial charge in [-0.15, -0.1) is 0 Å². The second-order valence-electron chi connectivity index (χ2n) is 5.68. The smallest absolute Gasteiger partial charge is 0.417 e. The van der Waals surface area contributed by atoms with Gasteiger partial charge >= 0.3 is 6.18 Å². The number of carbonyl (C=O) groups is 1. The van der Waals surface area contributed by atoms with Crippen molar-refractivity contribution in [3.05, 3.63) is 53.1 Å². The van der Waals surface area contributed by atoms with Crippen molar-refractivity contribution in [2.24, 2.45) is 0 Å². The fourth-order valence-electron chi connectivity index (χ4n) is 2.25. The van der Waals surface area contributed by atoms with E-state index < -0.39 is 44.1 Å². The zero-order chi connectivity index (χ0) is 21.1. The Hall–Kier alpha value is -2.30. The molecule has 0 heterocycles. The number of alkyl halides is 3. The van der Waals surface area contributed by atoms with Crippen LogP contribution in [0.3, 0.4) is 0 Å². The van der Waals surface area contributed by atoms with E-state index in [0.717, 1.165) is 19.2 Å². The number of hydrogen-bond donors (Lipinski definition) is 1. The molecule has 1 amide bonds. The molecule has 11 heteroatoms. The number of halogens is 4. The van der Waals surface area contributed by atoms with Gasteiger partial charge in [0.1, 0.15) is 5.75 Å². The maximum absolute atomic E-state index is 13.0. The predicted molar refractivity (Wildman–Crippen MR) is 97.9 cm³/mol. The van der Waals surface area contributed by atoms with Gasteiger partial charge in [-0.3, -0.25) is 4.79 Å². The molecular formula is C17H16ClF3N2O4S. The number of rotatable bonds is 6. The Morgan fingerprint density at radius 2 is 1.89 bits per heavy atom. The second-order valence-corrected chi connectivity index (χ2v) is 8.13. The maximum atomic E-state index is 13.0. The number of nitrogens with zero attached hydrogens (tertiary/aromatic N) is 1. The molecule has 0 bridgehead atoms. The molecule has 28 heavy (non-hydrogen) atoms. The lowest BCUT2D eigenvalue weighted by molar-refractivity contribution is -0.137. The fourth-order valence-corrected chi connectivity index (χ4v) is 3.63. The quantitative estimate of drug-likeness (QED) is 0.750. The summed E-state index contributed by atoms with van der Waals surface area (Å²) in [6.07, 6.45) is -4.81. The highest BCUT2D eigenvalue weighted by Gasteiger charge is 2.35. The number of likely N-dealkylation sites (N-methyl/N-ethyl adjacent to an activating group) is 1. The number of sulfonamides is 1. The number of anilines is 1. The van der Waals surface area contributed by atoms with Gasteiger partial charge in [0, 0.05) is 18.8 Å². The Morgan fingerprint density at radius 3 is 2.50 bits per heavy atom. The van der Waals surface area contributed by atoms with Gasteiger partial charge < -0.3 is 10.1 Å². The van der Waals surface area contributed by atoms with Gasteiger partial charge in [0.05, 0.1) is 29.1 Å². The van der Waals surface area contributed by atoms with Gasteiger partial charge in [-0.2, -0.15) is 17.5 Å². The zero-order valence-electron chi connectivity index (χ0n) is 14.7. The van der Waals surface area contributed by atoms with Crippen molar-refractivity contribution >= 4 is 33.2 Å². The summed E-state index contributed by atoms with van der Waals surface area (Å²) in [6, 6.07) is 8.62. The van der Waals surface area contributed by atoms with Crippen LogP contribution in [-0.4, -0.2) is 39.3 Å². The molecule has 0 aliphatic rings. The molecule has 0 saturated carbocycles. The highest BCUT2D eigenvalue weighted by atomic mass is 35.5. The van der Waals surface area contributed by atoms with Crippen molar-refractivity contribution < 1.29 is 31.1 Å². The fraction of sp³-hybridized carbons (Fsp3) is 0.235. The summed E-state index contributed by atoms with van der Waals surface area (Å²) in [4.78, 5) is 11.5. The molecule has 6 nitrogen and oxygen atoms in total. The van der Waals surface area contributed by atoms with Gasteiger partial charge in [-0.25, -0.2) is 8.42 Å². The first kappa shape index (κ1) is 22.0. The molecule has 0 saturated heterocycles. The third kappa shape index (κ3) is 5.15. The highest BCUT2D eigenvalue weighted by molar-refractivity contribution is 7.89. The lowest BCUT2D eigenvalue weighted by Crippen LogP contribution is -2.35. The average Bonchev–Trinajstić information content (AvgIpc) is 2.60. The molecule has 0 aliphatic carbocycles. The van der Waals surface area contributed by atoms with Crippen molar-refractivity contribution in [3.63, 3.8) is 0 Å². The first-order valence-corrected chi connectivity index (χ1v) is 9.54. The van der Waals surface area contributed by atoms with Gasteiger partial charge in [0.25, 0.3) is 0 Å². The molecule has 0 spiro atoms. The number of nitrogens with one attached hydrogen (secondary N) is 1. The van der Waals surface area contributed by atoms with E-state index in [-0.39, 0.29) is 0 Å². The number of methoxy groups -OCH3 is 1. The summed E-state index contributed by atoms with van der Waals surface area (Å²) < 4.78 is 69.6. The Bertz CT molecular complexity index is 981. The molecule has 0 atom stereocenters. The summed E-state index contributed by atoms with van der Waals surface area (Å²) in [6.45, 7) is -0.608. The number of benzene rings is 2. The molecule has 0 aliphatic heterocycles. The summed E-state index contributed by atoms with van der Waals surface area (Å²) in [7, 11) is -1.82. The van der Waals surface area contributed by atoms with Crippen molar-refractivity contribution in [1.82, 2.24) is 4.31 Å². The van der Waals surface area contributed by atoms with E-state index >= 15 is 0 Å². The molecule has 2 rings (SSSR count). The van der Waals surface area contributed by atoms with Crippen LogP contribution in [0.15, 0.2) is 47.4 Å². The van der Waals surface area contributed by atoms with E-state index in [2.05, 4.69) is 5.32 Å². The van der Waals surface area contributed by atoms with Gasteiger partial charge in [0.2, 0.25) is 15.9 Å². The monoisotopic (exact) mass is 436 g/mol. The SMILES string of the molecule is COc1cccc(NC(=O)CN(C)S(=O)(=O)c2ccc(Cl)c(C(F)(F)F)c2)c1. The summed E-state index contributed by atoms with van der Waals surface area (Å²) in [5.41, 5.74) is -0.898. The minimum absolute atomic E-state index is 0.376. The van der Waals surface area contributed by atoms with Gasteiger partial charge in [-0.05, 0) is 30.3 Å². The van der Waals surface area contributed by atoms with Gasteiger partial charge in [-0.1, -0.05) is 17.7 Å². The normalized spacial score (nSPS) is 12.1. The highest BCUT2D eigenvalue weighted by Crippen LogP contribution is 2.36. The first-order chi connectivity index (χ1) is 12.9. The Morgan fingerprint density at radius 1 is 1.21 bits per heavy atom. The molecule has 1 N–H and O–H groups in total. The zero-order valence-corrected chi connectivity index (χ0v) is 16.3.